The Balaban J connectivity index is 1.77. The second-order valence-electron chi connectivity index (χ2n) is 7.42. The van der Waals surface area contributed by atoms with Crippen LogP contribution in [0.25, 0.3) is 0 Å². The number of anilines is 5. The first-order valence-electron chi connectivity index (χ1n) is 9.87. The van der Waals surface area contributed by atoms with Crippen molar-refractivity contribution in [1.82, 2.24) is 0 Å². The summed E-state index contributed by atoms with van der Waals surface area (Å²) >= 11 is 0. The number of carbonyl (C=O) groups is 2. The van der Waals surface area contributed by atoms with E-state index in [0.29, 0.717) is 39.3 Å². The number of hydrogen-bond donors (Lipinski definition) is 2. The summed E-state index contributed by atoms with van der Waals surface area (Å²) in [5.41, 5.74) is 16.9. The molecule has 150 valence electrons. The number of rotatable bonds is 3. The molecular weight excluding hydrogens is 386 g/mol. The minimum Gasteiger partial charge on any atom is -0.399 e. The van der Waals surface area contributed by atoms with Crippen molar-refractivity contribution in [3.8, 4) is 0 Å². The fourth-order valence-corrected chi connectivity index (χ4v) is 3.99. The van der Waals surface area contributed by atoms with E-state index in [0.717, 1.165) is 11.4 Å². The maximum absolute atomic E-state index is 13.5. The van der Waals surface area contributed by atoms with Gasteiger partial charge < -0.3 is 16.4 Å². The van der Waals surface area contributed by atoms with Gasteiger partial charge in [-0.1, -0.05) is 36.4 Å². The summed E-state index contributed by atoms with van der Waals surface area (Å²) < 4.78 is 0. The van der Waals surface area contributed by atoms with E-state index in [4.69, 9.17) is 11.5 Å². The monoisotopic (exact) mass is 405 g/mol. The van der Waals surface area contributed by atoms with Gasteiger partial charge in [-0.3, -0.25) is 9.59 Å². The first-order chi connectivity index (χ1) is 15.0. The molecule has 0 spiro atoms. The lowest BCUT2D eigenvalue weighted by atomic mass is 9.83. The molecule has 0 aliphatic heterocycles. The van der Waals surface area contributed by atoms with Crippen molar-refractivity contribution >= 4 is 40.0 Å². The van der Waals surface area contributed by atoms with Crippen LogP contribution in [0.15, 0.2) is 91.0 Å². The van der Waals surface area contributed by atoms with Gasteiger partial charge >= 0.3 is 0 Å². The molecule has 5 heteroatoms. The highest BCUT2D eigenvalue weighted by molar-refractivity contribution is 6.30. The lowest BCUT2D eigenvalue weighted by molar-refractivity contribution is 0.0979. The summed E-state index contributed by atoms with van der Waals surface area (Å²) in [4.78, 5) is 28.7. The number of carbonyl (C=O) groups excluding carboxylic acids is 2. The number of nitrogens with two attached hydrogens (primary N) is 2. The van der Waals surface area contributed by atoms with Gasteiger partial charge in [0.2, 0.25) is 0 Å². The molecule has 0 atom stereocenters. The van der Waals surface area contributed by atoms with E-state index in [1.54, 1.807) is 60.7 Å². The fraction of sp³-hybridized carbons (Fsp3) is 0. The molecule has 0 saturated heterocycles. The quantitative estimate of drug-likeness (QED) is 0.408. The zero-order chi connectivity index (χ0) is 21.5. The van der Waals surface area contributed by atoms with Gasteiger partial charge in [0.1, 0.15) is 0 Å². The Morgan fingerprint density at radius 2 is 1.00 bits per heavy atom. The standard InChI is InChI=1S/C26H19N3O2/c27-16-8-12-18(13-9-16)29(19-14-10-17(28)11-15-19)23-7-3-6-22-24(23)26(31)21-5-2-1-4-20(21)25(22)30/h1-15H,27-28H2. The lowest BCUT2D eigenvalue weighted by Gasteiger charge is -2.29. The Bertz CT molecular complexity index is 1280. The first-order valence-corrected chi connectivity index (χ1v) is 9.87. The molecule has 0 heterocycles. The van der Waals surface area contributed by atoms with E-state index in [9.17, 15) is 9.59 Å². The maximum atomic E-state index is 13.5. The van der Waals surface area contributed by atoms with Crippen molar-refractivity contribution < 1.29 is 9.59 Å². The molecule has 0 saturated carbocycles. The molecule has 4 N–H and O–H groups in total. The van der Waals surface area contributed by atoms with Crippen LogP contribution in [0.2, 0.25) is 0 Å². The summed E-state index contributed by atoms with van der Waals surface area (Å²) in [6.45, 7) is 0. The average molecular weight is 405 g/mol. The summed E-state index contributed by atoms with van der Waals surface area (Å²) in [6.07, 6.45) is 0. The molecule has 31 heavy (non-hydrogen) atoms. The van der Waals surface area contributed by atoms with Gasteiger partial charge in [0.15, 0.2) is 11.6 Å². The van der Waals surface area contributed by atoms with Crippen LogP contribution in [-0.2, 0) is 0 Å². The topological polar surface area (TPSA) is 89.4 Å². The molecule has 0 amide bonds. The maximum Gasteiger partial charge on any atom is 0.196 e. The minimum absolute atomic E-state index is 0.151. The van der Waals surface area contributed by atoms with Crippen LogP contribution in [-0.4, -0.2) is 11.6 Å². The van der Waals surface area contributed by atoms with Crippen molar-refractivity contribution in [1.29, 1.82) is 0 Å². The van der Waals surface area contributed by atoms with E-state index in [1.807, 2.05) is 35.2 Å². The van der Waals surface area contributed by atoms with E-state index < -0.39 is 0 Å². The zero-order valence-corrected chi connectivity index (χ0v) is 16.6. The molecular formula is C26H19N3O2. The van der Waals surface area contributed by atoms with Crippen molar-refractivity contribution in [3.05, 3.63) is 113 Å². The third-order valence-electron chi connectivity index (χ3n) is 5.47. The number of benzene rings is 4. The van der Waals surface area contributed by atoms with Crippen LogP contribution in [0.3, 0.4) is 0 Å². The van der Waals surface area contributed by atoms with Crippen molar-refractivity contribution in [2.45, 2.75) is 0 Å². The number of nitrogen functional groups attached to an aromatic ring is 2. The number of fused-ring (bicyclic) bond motifs is 2. The zero-order valence-electron chi connectivity index (χ0n) is 16.6. The summed E-state index contributed by atoms with van der Waals surface area (Å²) in [6, 6.07) is 27.0. The van der Waals surface area contributed by atoms with Gasteiger partial charge in [-0.25, -0.2) is 0 Å². The van der Waals surface area contributed by atoms with Gasteiger partial charge in [-0.15, -0.1) is 0 Å². The average Bonchev–Trinajstić information content (AvgIpc) is 2.80. The van der Waals surface area contributed by atoms with Crippen LogP contribution in [0.5, 0.6) is 0 Å². The number of ketones is 2. The number of hydrogen-bond acceptors (Lipinski definition) is 5. The highest BCUT2D eigenvalue weighted by atomic mass is 16.1. The van der Waals surface area contributed by atoms with Crippen LogP contribution in [0.1, 0.15) is 31.8 Å². The normalized spacial score (nSPS) is 12.3. The molecule has 0 fully saturated rings. The largest absolute Gasteiger partial charge is 0.399 e. The molecule has 5 rings (SSSR count). The summed E-state index contributed by atoms with van der Waals surface area (Å²) in [7, 11) is 0. The van der Waals surface area contributed by atoms with Crippen LogP contribution in [0.4, 0.5) is 28.4 Å². The molecule has 1 aliphatic carbocycles. The predicted molar refractivity (Wildman–Crippen MR) is 123 cm³/mol. The van der Waals surface area contributed by atoms with E-state index in [-0.39, 0.29) is 11.6 Å². The predicted octanol–water partition coefficient (Wildman–Crippen LogP) is 5.10. The molecule has 0 aromatic heterocycles. The first kappa shape index (κ1) is 18.6. The lowest BCUT2D eigenvalue weighted by Crippen LogP contribution is -2.24. The third-order valence-corrected chi connectivity index (χ3v) is 5.47. The Morgan fingerprint density at radius 3 is 1.55 bits per heavy atom. The highest BCUT2D eigenvalue weighted by Gasteiger charge is 2.33. The minimum atomic E-state index is -0.170. The van der Waals surface area contributed by atoms with Crippen molar-refractivity contribution in [2.75, 3.05) is 16.4 Å². The van der Waals surface area contributed by atoms with Crippen LogP contribution >= 0.6 is 0 Å². The molecule has 4 aromatic carbocycles. The van der Waals surface area contributed by atoms with Crippen molar-refractivity contribution in [3.63, 3.8) is 0 Å². The summed E-state index contributed by atoms with van der Waals surface area (Å²) in [5, 5.41) is 0. The van der Waals surface area contributed by atoms with Gasteiger partial charge in [0.05, 0.1) is 11.3 Å². The van der Waals surface area contributed by atoms with E-state index in [2.05, 4.69) is 0 Å². The molecule has 4 aromatic rings. The van der Waals surface area contributed by atoms with E-state index >= 15 is 0 Å². The Labute approximate surface area is 179 Å². The van der Waals surface area contributed by atoms with E-state index in [1.165, 1.54) is 0 Å². The second-order valence-corrected chi connectivity index (χ2v) is 7.42. The Hall–Kier alpha value is -4.38. The van der Waals surface area contributed by atoms with Crippen molar-refractivity contribution in [2.24, 2.45) is 0 Å². The molecule has 5 nitrogen and oxygen atoms in total. The fourth-order valence-electron chi connectivity index (χ4n) is 3.99. The Kier molecular flexibility index (Phi) is 4.30. The Morgan fingerprint density at radius 1 is 0.516 bits per heavy atom. The second kappa shape index (κ2) is 7.15. The van der Waals surface area contributed by atoms with Gasteiger partial charge in [-0.05, 0) is 54.6 Å². The molecule has 1 aliphatic rings. The smallest absolute Gasteiger partial charge is 0.196 e. The van der Waals surface area contributed by atoms with Crippen LogP contribution < -0.4 is 16.4 Å². The number of nitrogens with zero attached hydrogens (tertiary/aromatic N) is 1. The van der Waals surface area contributed by atoms with Crippen LogP contribution in [0, 0.1) is 0 Å². The molecule has 0 bridgehead atoms. The highest BCUT2D eigenvalue weighted by Crippen LogP contribution is 2.41. The summed E-state index contributed by atoms with van der Waals surface area (Å²) in [5.74, 6) is -0.321. The molecule has 0 radical (unpaired) electrons. The third kappa shape index (κ3) is 3.04. The molecule has 0 unspecified atom stereocenters. The van der Waals surface area contributed by atoms with Gasteiger partial charge in [0.25, 0.3) is 0 Å². The van der Waals surface area contributed by atoms with Gasteiger partial charge in [0, 0.05) is 39.4 Å². The van der Waals surface area contributed by atoms with Gasteiger partial charge in [-0.2, -0.15) is 0 Å². The SMILES string of the molecule is Nc1ccc(N(c2ccc(N)cc2)c2cccc3c2C(=O)c2ccccc2C3=O)cc1.